The highest BCUT2D eigenvalue weighted by molar-refractivity contribution is 6.13. The summed E-state index contributed by atoms with van der Waals surface area (Å²) in [6, 6.07) is 18.0. The fraction of sp³-hybridized carbons (Fsp3) is 0.286. The monoisotopic (exact) mass is 392 g/mol. The van der Waals surface area contributed by atoms with Crippen LogP contribution in [0.25, 0.3) is 32.7 Å². The number of nitrogen functional groups attached to an aromatic ring is 2. The Bertz CT molecular complexity index is 1210. The molecule has 150 valence electrons. The first kappa shape index (κ1) is 17.8. The summed E-state index contributed by atoms with van der Waals surface area (Å²) in [7, 11) is 0. The second-order valence-corrected chi connectivity index (χ2v) is 9.16. The van der Waals surface area contributed by atoms with Gasteiger partial charge >= 0.3 is 0 Å². The molecule has 0 aromatic heterocycles. The summed E-state index contributed by atoms with van der Waals surface area (Å²) in [4.78, 5) is 0. The van der Waals surface area contributed by atoms with Crippen LogP contribution in [-0.2, 0) is 25.7 Å². The molecule has 0 fully saturated rings. The van der Waals surface area contributed by atoms with Gasteiger partial charge in [-0.3, -0.25) is 0 Å². The number of nitrogens with two attached hydrogens (primary N) is 2. The second kappa shape index (κ2) is 6.77. The molecule has 0 aliphatic heterocycles. The molecule has 4 aromatic rings. The topological polar surface area (TPSA) is 52.0 Å². The molecular weight excluding hydrogens is 364 g/mol. The summed E-state index contributed by atoms with van der Waals surface area (Å²) in [6.07, 6.45) is 9.85. The van der Waals surface area contributed by atoms with Crippen LogP contribution in [0.2, 0.25) is 0 Å². The van der Waals surface area contributed by atoms with Gasteiger partial charge in [0.25, 0.3) is 0 Å². The Morgan fingerprint density at radius 3 is 1.23 bits per heavy atom. The van der Waals surface area contributed by atoms with E-state index < -0.39 is 0 Å². The fourth-order valence-corrected chi connectivity index (χ4v) is 5.71. The summed E-state index contributed by atoms with van der Waals surface area (Å²) in [5.41, 5.74) is 23.1. The van der Waals surface area contributed by atoms with E-state index in [4.69, 9.17) is 11.5 Å². The molecule has 4 N–H and O–H groups in total. The van der Waals surface area contributed by atoms with Crippen LogP contribution < -0.4 is 11.5 Å². The fourth-order valence-electron chi connectivity index (χ4n) is 5.71. The number of aryl methyl sites for hydroxylation is 4. The van der Waals surface area contributed by atoms with Gasteiger partial charge in [-0.15, -0.1) is 0 Å². The maximum Gasteiger partial charge on any atom is 0.0401 e. The van der Waals surface area contributed by atoms with Crippen molar-refractivity contribution in [3.05, 3.63) is 70.8 Å². The zero-order valence-electron chi connectivity index (χ0n) is 17.4. The zero-order valence-corrected chi connectivity index (χ0v) is 17.4. The van der Waals surface area contributed by atoms with Crippen molar-refractivity contribution >= 4 is 32.9 Å². The highest BCUT2D eigenvalue weighted by Gasteiger charge is 2.19. The van der Waals surface area contributed by atoms with Crippen LogP contribution in [-0.4, -0.2) is 0 Å². The second-order valence-electron chi connectivity index (χ2n) is 9.16. The van der Waals surface area contributed by atoms with Gasteiger partial charge in [-0.05, 0) is 107 Å². The smallest absolute Gasteiger partial charge is 0.0401 e. The molecule has 0 radical (unpaired) electrons. The lowest BCUT2D eigenvalue weighted by molar-refractivity contribution is 0.687. The number of anilines is 2. The average Bonchev–Trinajstić information content (AvgIpc) is 2.77. The van der Waals surface area contributed by atoms with Gasteiger partial charge in [0.15, 0.2) is 0 Å². The molecule has 0 spiro atoms. The van der Waals surface area contributed by atoms with Crippen LogP contribution in [0.5, 0.6) is 0 Å². The SMILES string of the molecule is Nc1ccc2cc3c(cc2c1-c1c(N)ccc2cc4c(cc12)CCCC4)CCCC3. The van der Waals surface area contributed by atoms with E-state index in [-0.39, 0.29) is 0 Å². The standard InChI is InChI=1S/C28H28N2/c29-25-11-9-21-13-17-5-1-3-7-19(17)15-23(21)27(25)28-24-16-20-8-4-2-6-18(20)14-22(24)10-12-26(28)30/h9-16H,1-8,29-30H2. The Morgan fingerprint density at radius 2 is 0.833 bits per heavy atom. The van der Waals surface area contributed by atoms with Gasteiger partial charge in [0.2, 0.25) is 0 Å². The Labute approximate surface area is 177 Å². The first-order valence-electron chi connectivity index (χ1n) is 11.4. The molecule has 0 unspecified atom stereocenters. The highest BCUT2D eigenvalue weighted by atomic mass is 14.6. The van der Waals surface area contributed by atoms with Crippen molar-refractivity contribution < 1.29 is 0 Å². The van der Waals surface area contributed by atoms with E-state index in [0.29, 0.717) is 0 Å². The number of rotatable bonds is 1. The minimum atomic E-state index is 0.815. The lowest BCUT2D eigenvalue weighted by Gasteiger charge is -2.22. The molecule has 0 atom stereocenters. The summed E-state index contributed by atoms with van der Waals surface area (Å²) in [5.74, 6) is 0. The largest absolute Gasteiger partial charge is 0.398 e. The van der Waals surface area contributed by atoms with Crippen molar-refractivity contribution in [1.82, 2.24) is 0 Å². The van der Waals surface area contributed by atoms with E-state index in [9.17, 15) is 0 Å². The molecule has 0 heterocycles. The van der Waals surface area contributed by atoms with Crippen molar-refractivity contribution in [3.8, 4) is 11.1 Å². The molecular formula is C28H28N2. The van der Waals surface area contributed by atoms with Crippen LogP contribution in [0.1, 0.15) is 47.9 Å². The number of fused-ring (bicyclic) bond motifs is 4. The Hall–Kier alpha value is -3.00. The first-order chi connectivity index (χ1) is 14.7. The predicted octanol–water partition coefficient (Wildman–Crippen LogP) is 6.58. The predicted molar refractivity (Wildman–Crippen MR) is 129 cm³/mol. The molecule has 2 nitrogen and oxygen atoms in total. The van der Waals surface area contributed by atoms with Crippen molar-refractivity contribution in [2.24, 2.45) is 0 Å². The lowest BCUT2D eigenvalue weighted by atomic mass is 9.84. The highest BCUT2D eigenvalue weighted by Crippen LogP contribution is 2.43. The van der Waals surface area contributed by atoms with Gasteiger partial charge in [-0.25, -0.2) is 0 Å². The van der Waals surface area contributed by atoms with Crippen LogP contribution in [0.3, 0.4) is 0 Å². The molecule has 0 saturated carbocycles. The van der Waals surface area contributed by atoms with E-state index in [2.05, 4.69) is 48.5 Å². The van der Waals surface area contributed by atoms with Crippen LogP contribution in [0.15, 0.2) is 48.5 Å². The number of hydrogen-bond donors (Lipinski definition) is 2. The molecule has 30 heavy (non-hydrogen) atoms. The lowest BCUT2D eigenvalue weighted by Crippen LogP contribution is -2.04. The summed E-state index contributed by atoms with van der Waals surface area (Å²) in [5, 5.41) is 5.03. The van der Waals surface area contributed by atoms with Crippen LogP contribution in [0, 0.1) is 0 Å². The third-order valence-corrected chi connectivity index (χ3v) is 7.28. The van der Waals surface area contributed by atoms with Crippen molar-refractivity contribution in [2.75, 3.05) is 11.5 Å². The molecule has 2 aliphatic rings. The Balaban J connectivity index is 1.69. The van der Waals surface area contributed by atoms with E-state index in [1.54, 1.807) is 0 Å². The molecule has 0 amide bonds. The van der Waals surface area contributed by atoms with E-state index in [1.165, 1.54) is 82.3 Å². The van der Waals surface area contributed by atoms with Crippen molar-refractivity contribution in [1.29, 1.82) is 0 Å². The van der Waals surface area contributed by atoms with E-state index in [1.807, 2.05) is 0 Å². The minimum absolute atomic E-state index is 0.815. The minimum Gasteiger partial charge on any atom is -0.398 e. The molecule has 2 heteroatoms. The van der Waals surface area contributed by atoms with Crippen LogP contribution >= 0.6 is 0 Å². The Morgan fingerprint density at radius 1 is 0.467 bits per heavy atom. The van der Waals surface area contributed by atoms with Crippen molar-refractivity contribution in [2.45, 2.75) is 51.4 Å². The Kier molecular flexibility index (Phi) is 4.02. The summed E-state index contributed by atoms with van der Waals surface area (Å²) in [6.45, 7) is 0. The van der Waals surface area contributed by atoms with Crippen molar-refractivity contribution in [3.63, 3.8) is 0 Å². The zero-order chi connectivity index (χ0) is 20.2. The maximum atomic E-state index is 6.64. The average molecular weight is 393 g/mol. The summed E-state index contributed by atoms with van der Waals surface area (Å²) >= 11 is 0. The van der Waals surface area contributed by atoms with Gasteiger partial charge in [-0.1, -0.05) is 36.4 Å². The number of hydrogen-bond acceptors (Lipinski definition) is 2. The molecule has 6 rings (SSSR count). The van der Waals surface area contributed by atoms with Gasteiger partial charge in [0, 0.05) is 22.5 Å². The van der Waals surface area contributed by atoms with Gasteiger partial charge in [-0.2, -0.15) is 0 Å². The van der Waals surface area contributed by atoms with Gasteiger partial charge < -0.3 is 11.5 Å². The van der Waals surface area contributed by atoms with Gasteiger partial charge in [0.1, 0.15) is 0 Å². The van der Waals surface area contributed by atoms with Crippen LogP contribution in [0.4, 0.5) is 11.4 Å². The summed E-state index contributed by atoms with van der Waals surface area (Å²) < 4.78 is 0. The molecule has 0 bridgehead atoms. The van der Waals surface area contributed by atoms with E-state index in [0.717, 1.165) is 35.3 Å². The first-order valence-corrected chi connectivity index (χ1v) is 11.4. The maximum absolute atomic E-state index is 6.64. The normalized spacial score (nSPS) is 15.9. The third kappa shape index (κ3) is 2.70. The van der Waals surface area contributed by atoms with Gasteiger partial charge in [0.05, 0.1) is 0 Å². The molecule has 2 aliphatic carbocycles. The molecule has 4 aromatic carbocycles. The molecule has 0 saturated heterocycles. The quantitative estimate of drug-likeness (QED) is 0.359. The third-order valence-electron chi connectivity index (χ3n) is 7.28. The number of benzene rings is 4. The van der Waals surface area contributed by atoms with E-state index >= 15 is 0 Å².